The molecule has 172 valence electrons. The fourth-order valence-corrected chi connectivity index (χ4v) is 4.47. The average Bonchev–Trinajstić information content (AvgIpc) is 3.12. The molecule has 1 fully saturated rings. The maximum Gasteiger partial charge on any atom is 0.407 e. The van der Waals surface area contributed by atoms with Crippen molar-refractivity contribution in [1.29, 1.82) is 0 Å². The van der Waals surface area contributed by atoms with Gasteiger partial charge >= 0.3 is 6.09 Å². The lowest BCUT2D eigenvalue weighted by Crippen LogP contribution is -2.39. The quantitative estimate of drug-likeness (QED) is 0.633. The van der Waals surface area contributed by atoms with E-state index in [2.05, 4.69) is 5.32 Å². The summed E-state index contributed by atoms with van der Waals surface area (Å²) < 4.78 is 16.7. The van der Waals surface area contributed by atoms with Crippen LogP contribution in [-0.2, 0) is 16.1 Å². The number of carbonyl (C=O) groups excluding carboxylic acids is 2. The molecule has 1 aliphatic rings. The molecule has 0 aromatic heterocycles. The van der Waals surface area contributed by atoms with Gasteiger partial charge in [0.05, 0.1) is 12.9 Å². The minimum absolute atomic E-state index is 0.0364. The number of methoxy groups -OCH3 is 1. The zero-order valence-electron chi connectivity index (χ0n) is 18.9. The molecule has 1 N–H and O–H groups in total. The Labute approximate surface area is 193 Å². The summed E-state index contributed by atoms with van der Waals surface area (Å²) in [6.07, 6.45) is -0.491. The number of hydrogen-bond acceptors (Lipinski definition) is 6. The summed E-state index contributed by atoms with van der Waals surface area (Å²) in [6, 6.07) is 15.7. The monoisotopic (exact) mass is 458 g/mol. The Morgan fingerprint density at radius 2 is 1.91 bits per heavy atom. The van der Waals surface area contributed by atoms with Crippen LogP contribution in [0.15, 0.2) is 48.5 Å². The van der Waals surface area contributed by atoms with E-state index < -0.39 is 11.7 Å². The summed E-state index contributed by atoms with van der Waals surface area (Å²) in [5, 5.41) is 2.56. The lowest BCUT2D eigenvalue weighted by atomic mass is 10.1. The molecule has 1 aliphatic heterocycles. The van der Waals surface area contributed by atoms with E-state index in [9.17, 15) is 9.59 Å². The fraction of sp³-hybridized carbons (Fsp3) is 0.417. The molecule has 2 aromatic rings. The largest absolute Gasteiger partial charge is 0.493 e. The molecule has 1 atom stereocenters. The Kier molecular flexibility index (Phi) is 7.90. The van der Waals surface area contributed by atoms with E-state index >= 15 is 0 Å². The van der Waals surface area contributed by atoms with Gasteiger partial charge in [0.1, 0.15) is 17.6 Å². The minimum Gasteiger partial charge on any atom is -0.493 e. The van der Waals surface area contributed by atoms with Gasteiger partial charge in [-0.2, -0.15) is 0 Å². The SMILES string of the molecule is COc1cc(C2SCC(=O)N2CCNC(=O)OC(C)(C)C)ccc1OCc1ccccc1. The molecule has 1 unspecified atom stereocenters. The van der Waals surface area contributed by atoms with Crippen LogP contribution in [0.25, 0.3) is 0 Å². The van der Waals surface area contributed by atoms with E-state index in [0.717, 1.165) is 11.1 Å². The molecule has 0 spiro atoms. The van der Waals surface area contributed by atoms with Gasteiger partial charge in [-0.25, -0.2) is 4.79 Å². The second-order valence-corrected chi connectivity index (χ2v) is 9.43. The first-order valence-electron chi connectivity index (χ1n) is 10.5. The smallest absolute Gasteiger partial charge is 0.407 e. The van der Waals surface area contributed by atoms with Gasteiger partial charge in [0.25, 0.3) is 0 Å². The van der Waals surface area contributed by atoms with E-state index in [1.54, 1.807) is 23.8 Å². The highest BCUT2D eigenvalue weighted by Gasteiger charge is 2.33. The second-order valence-electron chi connectivity index (χ2n) is 8.36. The van der Waals surface area contributed by atoms with Crippen LogP contribution < -0.4 is 14.8 Å². The number of nitrogens with one attached hydrogen (secondary N) is 1. The fourth-order valence-electron chi connectivity index (χ4n) is 3.26. The van der Waals surface area contributed by atoms with Crippen molar-refractivity contribution in [1.82, 2.24) is 10.2 Å². The van der Waals surface area contributed by atoms with Gasteiger partial charge in [0.2, 0.25) is 5.91 Å². The van der Waals surface area contributed by atoms with E-state index in [-0.39, 0.29) is 11.3 Å². The van der Waals surface area contributed by atoms with Gasteiger partial charge in [-0.3, -0.25) is 4.79 Å². The van der Waals surface area contributed by atoms with Crippen molar-refractivity contribution in [3.05, 3.63) is 59.7 Å². The Balaban J connectivity index is 1.63. The molecule has 2 aromatic carbocycles. The van der Waals surface area contributed by atoms with E-state index in [0.29, 0.717) is 36.9 Å². The molecule has 8 heteroatoms. The molecule has 3 rings (SSSR count). The zero-order chi connectivity index (χ0) is 23.1. The van der Waals surface area contributed by atoms with E-state index in [1.807, 2.05) is 69.3 Å². The normalized spacial score (nSPS) is 16.1. The summed E-state index contributed by atoms with van der Waals surface area (Å²) in [4.78, 5) is 26.1. The summed E-state index contributed by atoms with van der Waals surface area (Å²) >= 11 is 1.55. The molecule has 7 nitrogen and oxygen atoms in total. The lowest BCUT2D eigenvalue weighted by Gasteiger charge is -2.25. The maximum atomic E-state index is 12.4. The summed E-state index contributed by atoms with van der Waals surface area (Å²) in [5.41, 5.74) is 1.45. The van der Waals surface area contributed by atoms with Crippen LogP contribution in [-0.4, -0.2) is 48.5 Å². The van der Waals surface area contributed by atoms with Crippen LogP contribution in [0.1, 0.15) is 37.3 Å². The number of ether oxygens (including phenoxy) is 3. The molecule has 0 aliphatic carbocycles. The highest BCUT2D eigenvalue weighted by atomic mass is 32.2. The van der Waals surface area contributed by atoms with Gasteiger partial charge in [0, 0.05) is 13.1 Å². The van der Waals surface area contributed by atoms with Gasteiger partial charge in [-0.1, -0.05) is 36.4 Å². The summed E-state index contributed by atoms with van der Waals surface area (Å²) in [7, 11) is 1.60. The first-order chi connectivity index (χ1) is 15.3. The molecule has 0 bridgehead atoms. The zero-order valence-corrected chi connectivity index (χ0v) is 19.7. The van der Waals surface area contributed by atoms with Crippen molar-refractivity contribution in [3.63, 3.8) is 0 Å². The second kappa shape index (κ2) is 10.6. The predicted octanol–water partition coefficient (Wildman–Crippen LogP) is 4.37. The summed E-state index contributed by atoms with van der Waals surface area (Å²) in [6.45, 7) is 6.57. The third-order valence-corrected chi connectivity index (χ3v) is 5.96. The Morgan fingerprint density at radius 1 is 1.16 bits per heavy atom. The van der Waals surface area contributed by atoms with Crippen molar-refractivity contribution in [2.24, 2.45) is 0 Å². The Morgan fingerprint density at radius 3 is 2.59 bits per heavy atom. The number of amides is 2. The molecule has 1 saturated heterocycles. The topological polar surface area (TPSA) is 77.1 Å². The van der Waals surface area contributed by atoms with Crippen molar-refractivity contribution < 1.29 is 23.8 Å². The highest BCUT2D eigenvalue weighted by Crippen LogP contribution is 2.41. The highest BCUT2D eigenvalue weighted by molar-refractivity contribution is 8.00. The lowest BCUT2D eigenvalue weighted by molar-refractivity contribution is -0.128. The van der Waals surface area contributed by atoms with E-state index in [1.165, 1.54) is 0 Å². The van der Waals surface area contributed by atoms with Gasteiger partial charge < -0.3 is 24.4 Å². The third-order valence-electron chi connectivity index (χ3n) is 4.70. The summed E-state index contributed by atoms with van der Waals surface area (Å²) in [5.74, 6) is 1.69. The van der Waals surface area contributed by atoms with Crippen molar-refractivity contribution in [2.75, 3.05) is 26.0 Å². The molecule has 1 heterocycles. The maximum absolute atomic E-state index is 12.4. The molecular formula is C24H30N2O5S. The molecule has 2 amide bonds. The van der Waals surface area contributed by atoms with Gasteiger partial charge in [-0.15, -0.1) is 11.8 Å². The van der Waals surface area contributed by atoms with Crippen LogP contribution in [0.2, 0.25) is 0 Å². The Hall–Kier alpha value is -2.87. The standard InChI is InChI=1S/C24H30N2O5S/c1-24(2,3)31-23(28)25-12-13-26-21(27)16-32-22(26)18-10-11-19(20(14-18)29-4)30-15-17-8-6-5-7-9-17/h5-11,14,22H,12-13,15-16H2,1-4H3,(H,25,28). The van der Waals surface area contributed by atoms with Crippen molar-refractivity contribution in [3.8, 4) is 11.5 Å². The number of hydrogen-bond donors (Lipinski definition) is 1. The number of benzene rings is 2. The number of rotatable bonds is 8. The number of alkyl carbamates (subject to hydrolysis) is 1. The number of thioether (sulfide) groups is 1. The van der Waals surface area contributed by atoms with Gasteiger partial charge in [0.15, 0.2) is 11.5 Å². The van der Waals surface area contributed by atoms with Crippen LogP contribution in [0, 0.1) is 0 Å². The van der Waals surface area contributed by atoms with Crippen LogP contribution >= 0.6 is 11.8 Å². The average molecular weight is 459 g/mol. The first-order valence-corrected chi connectivity index (χ1v) is 11.5. The van der Waals surface area contributed by atoms with Crippen LogP contribution in [0.3, 0.4) is 0 Å². The molecule has 0 saturated carbocycles. The predicted molar refractivity (Wildman–Crippen MR) is 125 cm³/mol. The van der Waals surface area contributed by atoms with Crippen molar-refractivity contribution >= 4 is 23.8 Å². The molecule has 32 heavy (non-hydrogen) atoms. The Bertz CT molecular complexity index is 930. The van der Waals surface area contributed by atoms with E-state index in [4.69, 9.17) is 14.2 Å². The first kappa shape index (κ1) is 23.8. The molecule has 0 radical (unpaired) electrons. The van der Waals surface area contributed by atoms with Gasteiger partial charge in [-0.05, 0) is 44.0 Å². The van der Waals surface area contributed by atoms with Crippen LogP contribution in [0.4, 0.5) is 4.79 Å². The molecular weight excluding hydrogens is 428 g/mol. The number of carbonyl (C=O) groups is 2. The third kappa shape index (κ3) is 6.56. The minimum atomic E-state index is -0.563. The van der Waals surface area contributed by atoms with Crippen LogP contribution in [0.5, 0.6) is 11.5 Å². The van der Waals surface area contributed by atoms with Crippen molar-refractivity contribution in [2.45, 2.75) is 38.4 Å². The number of nitrogens with zero attached hydrogens (tertiary/aromatic N) is 1.